The quantitative estimate of drug-likeness (QED) is 0.406. The van der Waals surface area contributed by atoms with Crippen molar-refractivity contribution < 1.29 is 38.2 Å². The lowest BCUT2D eigenvalue weighted by molar-refractivity contribution is -0.139. The van der Waals surface area contributed by atoms with Gasteiger partial charge < -0.3 is 24.6 Å². The van der Waals surface area contributed by atoms with E-state index in [2.05, 4.69) is 5.32 Å². The highest BCUT2D eigenvalue weighted by molar-refractivity contribution is 7.53. The minimum atomic E-state index is -3.28. The summed E-state index contributed by atoms with van der Waals surface area (Å²) in [7, 11) is -3.28. The summed E-state index contributed by atoms with van der Waals surface area (Å²) < 4.78 is 23.2. The lowest BCUT2D eigenvalue weighted by atomic mass is 10.0. The van der Waals surface area contributed by atoms with Gasteiger partial charge in [-0.05, 0) is 49.2 Å². The van der Waals surface area contributed by atoms with E-state index in [1.165, 1.54) is 36.4 Å². The third kappa shape index (κ3) is 7.30. The SMILES string of the molecule is CCOP(=O)(Cc1ccc(C(=O)N[C@H](Cc2ccc(C(=O)O)cc2)C(=O)O)cc1)OCC. The van der Waals surface area contributed by atoms with Crippen LogP contribution in [0.2, 0.25) is 0 Å². The fourth-order valence-corrected chi connectivity index (χ4v) is 4.67. The monoisotopic (exact) mass is 463 g/mol. The van der Waals surface area contributed by atoms with Crippen molar-refractivity contribution in [2.75, 3.05) is 13.2 Å². The van der Waals surface area contributed by atoms with Crippen LogP contribution in [0.5, 0.6) is 0 Å². The lowest BCUT2D eigenvalue weighted by Crippen LogP contribution is -2.42. The maximum Gasteiger partial charge on any atom is 0.335 e. The van der Waals surface area contributed by atoms with Crippen LogP contribution in [0.1, 0.15) is 45.7 Å². The molecule has 0 spiro atoms. The summed E-state index contributed by atoms with van der Waals surface area (Å²) in [4.78, 5) is 35.1. The van der Waals surface area contributed by atoms with Gasteiger partial charge in [0.05, 0.1) is 24.9 Å². The van der Waals surface area contributed by atoms with E-state index < -0.39 is 31.5 Å². The summed E-state index contributed by atoms with van der Waals surface area (Å²) in [5.74, 6) is -2.88. The second kappa shape index (κ2) is 11.6. The second-order valence-corrected chi connectivity index (χ2v) is 8.93. The number of carboxylic acids is 2. The first-order chi connectivity index (χ1) is 15.2. The maximum atomic E-state index is 12.6. The standard InChI is InChI=1S/C22H26NO8P/c1-3-30-32(29,31-4-2)14-16-7-9-17(10-8-16)20(24)23-19(22(27)28)13-15-5-11-18(12-6-15)21(25)26/h5-12,19H,3-4,13-14H2,1-2H3,(H,23,24)(H,25,26)(H,27,28)/t19-/m1/s1. The fourth-order valence-electron chi connectivity index (χ4n) is 2.97. The molecule has 0 bridgehead atoms. The van der Waals surface area contributed by atoms with Gasteiger partial charge in [-0.1, -0.05) is 24.3 Å². The Morgan fingerprint density at radius 1 is 0.875 bits per heavy atom. The van der Waals surface area contributed by atoms with Crippen LogP contribution in [0.15, 0.2) is 48.5 Å². The number of carbonyl (C=O) groups is 3. The third-order valence-corrected chi connectivity index (χ3v) is 6.54. The molecule has 0 saturated heterocycles. The Kier molecular flexibility index (Phi) is 9.13. The van der Waals surface area contributed by atoms with Gasteiger partial charge in [-0.3, -0.25) is 9.36 Å². The number of hydrogen-bond donors (Lipinski definition) is 3. The zero-order valence-corrected chi connectivity index (χ0v) is 18.7. The van der Waals surface area contributed by atoms with E-state index in [-0.39, 0.29) is 36.9 Å². The van der Waals surface area contributed by atoms with Crippen molar-refractivity contribution in [3.8, 4) is 0 Å². The largest absolute Gasteiger partial charge is 0.480 e. The summed E-state index contributed by atoms with van der Waals surface area (Å²) in [5, 5.41) is 20.9. The molecule has 1 atom stereocenters. The zero-order valence-electron chi connectivity index (χ0n) is 17.8. The van der Waals surface area contributed by atoms with E-state index in [0.29, 0.717) is 11.1 Å². The predicted octanol–water partition coefficient (Wildman–Crippen LogP) is 3.58. The molecule has 10 heteroatoms. The van der Waals surface area contributed by atoms with Crippen LogP contribution in [-0.2, 0) is 31.0 Å². The predicted molar refractivity (Wildman–Crippen MR) is 117 cm³/mol. The van der Waals surface area contributed by atoms with Gasteiger partial charge in [0, 0.05) is 12.0 Å². The number of rotatable bonds is 12. The molecule has 0 saturated carbocycles. The molecule has 0 unspecified atom stereocenters. The molecule has 0 aliphatic rings. The highest BCUT2D eigenvalue weighted by atomic mass is 31.2. The molecule has 32 heavy (non-hydrogen) atoms. The van der Waals surface area contributed by atoms with Crippen LogP contribution < -0.4 is 5.32 Å². The van der Waals surface area contributed by atoms with E-state index in [0.717, 1.165) is 0 Å². The summed E-state index contributed by atoms with van der Waals surface area (Å²) in [6.45, 7) is 3.93. The number of aromatic carboxylic acids is 1. The first-order valence-electron chi connectivity index (χ1n) is 10.0. The number of carboxylic acid groups (broad SMARTS) is 2. The highest BCUT2D eigenvalue weighted by Crippen LogP contribution is 2.51. The molecule has 3 N–H and O–H groups in total. The minimum absolute atomic E-state index is 0.00898. The Labute approximate surface area is 185 Å². The van der Waals surface area contributed by atoms with Gasteiger partial charge in [-0.25, -0.2) is 9.59 Å². The van der Waals surface area contributed by atoms with Crippen LogP contribution in [0, 0.1) is 0 Å². The maximum absolute atomic E-state index is 12.6. The molecule has 2 rings (SSSR count). The molecule has 2 aromatic rings. The smallest absolute Gasteiger partial charge is 0.335 e. The first-order valence-corrected chi connectivity index (χ1v) is 11.7. The normalized spacial score (nSPS) is 12.2. The van der Waals surface area contributed by atoms with Gasteiger partial charge in [-0.15, -0.1) is 0 Å². The fraction of sp³-hybridized carbons (Fsp3) is 0.318. The molecule has 0 aliphatic heterocycles. The first kappa shape index (κ1) is 25.3. The number of benzene rings is 2. The van der Waals surface area contributed by atoms with E-state index in [1.807, 2.05) is 0 Å². The van der Waals surface area contributed by atoms with Crippen LogP contribution in [0.4, 0.5) is 0 Å². The van der Waals surface area contributed by atoms with Crippen molar-refractivity contribution in [3.63, 3.8) is 0 Å². The number of carbonyl (C=O) groups excluding carboxylic acids is 1. The topological polar surface area (TPSA) is 139 Å². The Bertz CT molecular complexity index is 978. The molecule has 0 fully saturated rings. The van der Waals surface area contributed by atoms with Crippen LogP contribution >= 0.6 is 7.60 Å². The van der Waals surface area contributed by atoms with Crippen molar-refractivity contribution in [1.82, 2.24) is 5.32 Å². The molecule has 0 heterocycles. The Balaban J connectivity index is 2.06. The molecule has 172 valence electrons. The summed E-state index contributed by atoms with van der Waals surface area (Å²) in [6, 6.07) is 10.8. The summed E-state index contributed by atoms with van der Waals surface area (Å²) in [6.07, 6.45) is 0.0472. The number of nitrogens with one attached hydrogen (secondary N) is 1. The molecule has 0 radical (unpaired) electrons. The summed E-state index contributed by atoms with van der Waals surface area (Å²) in [5.41, 5.74) is 1.55. The highest BCUT2D eigenvalue weighted by Gasteiger charge is 2.25. The van der Waals surface area contributed by atoms with Crippen molar-refractivity contribution in [3.05, 3.63) is 70.8 Å². The van der Waals surface area contributed by atoms with Gasteiger partial charge in [0.2, 0.25) is 0 Å². The average molecular weight is 463 g/mol. The van der Waals surface area contributed by atoms with E-state index in [4.69, 9.17) is 14.2 Å². The Morgan fingerprint density at radius 2 is 1.38 bits per heavy atom. The number of aliphatic carboxylic acids is 1. The lowest BCUT2D eigenvalue weighted by Gasteiger charge is -2.17. The Hall–Kier alpha value is -3.00. The molecular weight excluding hydrogens is 437 g/mol. The minimum Gasteiger partial charge on any atom is -0.480 e. The molecule has 0 aromatic heterocycles. The van der Waals surface area contributed by atoms with Crippen LogP contribution in [-0.4, -0.2) is 47.3 Å². The molecule has 2 aromatic carbocycles. The average Bonchev–Trinajstić information content (AvgIpc) is 2.74. The van der Waals surface area contributed by atoms with Crippen LogP contribution in [0.25, 0.3) is 0 Å². The van der Waals surface area contributed by atoms with E-state index in [1.54, 1.807) is 26.0 Å². The van der Waals surface area contributed by atoms with Gasteiger partial charge in [0.25, 0.3) is 5.91 Å². The van der Waals surface area contributed by atoms with Crippen LogP contribution in [0.3, 0.4) is 0 Å². The van der Waals surface area contributed by atoms with Gasteiger partial charge in [0.15, 0.2) is 0 Å². The second-order valence-electron chi connectivity index (χ2n) is 6.87. The molecule has 9 nitrogen and oxygen atoms in total. The van der Waals surface area contributed by atoms with Crippen molar-refractivity contribution in [2.24, 2.45) is 0 Å². The van der Waals surface area contributed by atoms with Gasteiger partial charge in [-0.2, -0.15) is 0 Å². The van der Waals surface area contributed by atoms with Crippen molar-refractivity contribution in [2.45, 2.75) is 32.5 Å². The molecule has 1 amide bonds. The van der Waals surface area contributed by atoms with Crippen molar-refractivity contribution in [1.29, 1.82) is 0 Å². The van der Waals surface area contributed by atoms with Gasteiger partial charge in [0.1, 0.15) is 6.04 Å². The van der Waals surface area contributed by atoms with Gasteiger partial charge >= 0.3 is 19.5 Å². The molecular formula is C22H26NO8P. The van der Waals surface area contributed by atoms with Crippen molar-refractivity contribution >= 4 is 25.4 Å². The molecule has 0 aliphatic carbocycles. The van der Waals surface area contributed by atoms with E-state index >= 15 is 0 Å². The number of amides is 1. The zero-order chi connectivity index (χ0) is 23.7. The Morgan fingerprint density at radius 3 is 1.84 bits per heavy atom. The summed E-state index contributed by atoms with van der Waals surface area (Å²) >= 11 is 0. The van der Waals surface area contributed by atoms with E-state index in [9.17, 15) is 24.1 Å². The number of hydrogen-bond acceptors (Lipinski definition) is 6. The third-order valence-electron chi connectivity index (χ3n) is 4.49.